The van der Waals surface area contributed by atoms with Crippen molar-refractivity contribution >= 4 is 42.1 Å². The number of hydrogen-bond donors (Lipinski definition) is 2. The summed E-state index contributed by atoms with van der Waals surface area (Å²) < 4.78 is 0. The molecule has 1 aliphatic rings. The predicted octanol–water partition coefficient (Wildman–Crippen LogP) is 1.78. The largest absolute Gasteiger partial charge is 0.347 e. The molecule has 2 N–H and O–H groups in total. The Morgan fingerprint density at radius 3 is 2.88 bits per heavy atom. The average molecular weight is 298 g/mol. The van der Waals surface area contributed by atoms with Crippen LogP contribution < -0.4 is 10.6 Å². The van der Waals surface area contributed by atoms with E-state index in [0.29, 0.717) is 0 Å². The molecule has 1 fully saturated rings. The van der Waals surface area contributed by atoms with E-state index < -0.39 is 0 Å². The maximum absolute atomic E-state index is 11.8. The third-order valence-corrected chi connectivity index (χ3v) is 3.51. The highest BCUT2D eigenvalue weighted by Crippen LogP contribution is 2.12. The van der Waals surface area contributed by atoms with Gasteiger partial charge in [0.05, 0.1) is 11.2 Å². The third kappa shape index (κ3) is 4.43. The molecule has 7 heteroatoms. The van der Waals surface area contributed by atoms with Crippen LogP contribution >= 0.6 is 36.2 Å². The van der Waals surface area contributed by atoms with Gasteiger partial charge in [-0.05, 0) is 26.3 Å². The van der Waals surface area contributed by atoms with Gasteiger partial charge >= 0.3 is 0 Å². The quantitative estimate of drug-likeness (QED) is 0.875. The molecule has 2 rings (SSSR count). The number of halogens is 2. The van der Waals surface area contributed by atoms with Gasteiger partial charge in [-0.1, -0.05) is 0 Å². The molecule has 17 heavy (non-hydrogen) atoms. The molecule has 1 aromatic heterocycles. The summed E-state index contributed by atoms with van der Waals surface area (Å²) in [5, 5.41) is 6.30. The van der Waals surface area contributed by atoms with Crippen LogP contribution in [0.15, 0.2) is 5.51 Å². The van der Waals surface area contributed by atoms with Gasteiger partial charge in [0, 0.05) is 12.6 Å². The SMILES string of the molecule is Cc1ncsc1C(=O)N[C@H]1CCCNC1.Cl.Cl. The molecule has 4 nitrogen and oxygen atoms in total. The second kappa shape index (κ2) is 7.87. The van der Waals surface area contributed by atoms with E-state index >= 15 is 0 Å². The number of carbonyl (C=O) groups is 1. The first-order valence-corrected chi connectivity index (χ1v) is 6.07. The van der Waals surface area contributed by atoms with Crippen LogP contribution in [0, 0.1) is 6.92 Å². The van der Waals surface area contributed by atoms with Gasteiger partial charge in [0.1, 0.15) is 4.88 Å². The number of amides is 1. The molecule has 2 heterocycles. The predicted molar refractivity (Wildman–Crippen MR) is 74.7 cm³/mol. The Hall–Kier alpha value is -0.360. The lowest BCUT2D eigenvalue weighted by Crippen LogP contribution is -2.45. The third-order valence-electron chi connectivity index (χ3n) is 2.58. The summed E-state index contributed by atoms with van der Waals surface area (Å²) in [4.78, 5) is 16.6. The first kappa shape index (κ1) is 16.6. The highest BCUT2D eigenvalue weighted by Gasteiger charge is 2.18. The lowest BCUT2D eigenvalue weighted by atomic mass is 10.1. The molecule has 0 unspecified atom stereocenters. The average Bonchev–Trinajstić information content (AvgIpc) is 2.66. The number of aromatic nitrogens is 1. The van der Waals surface area contributed by atoms with Crippen molar-refractivity contribution in [2.45, 2.75) is 25.8 Å². The number of nitrogens with zero attached hydrogens (tertiary/aromatic N) is 1. The number of rotatable bonds is 2. The lowest BCUT2D eigenvalue weighted by molar-refractivity contribution is 0.0934. The van der Waals surface area contributed by atoms with E-state index in [-0.39, 0.29) is 36.8 Å². The zero-order chi connectivity index (χ0) is 10.7. The van der Waals surface area contributed by atoms with Crippen LogP contribution in [-0.4, -0.2) is 30.0 Å². The topological polar surface area (TPSA) is 54.0 Å². The second-order valence-corrected chi connectivity index (χ2v) is 4.64. The molecule has 1 amide bonds. The number of nitrogens with one attached hydrogen (secondary N) is 2. The van der Waals surface area contributed by atoms with Crippen molar-refractivity contribution in [3.8, 4) is 0 Å². The molecule has 0 aromatic carbocycles. The van der Waals surface area contributed by atoms with Gasteiger partial charge in [0.15, 0.2) is 0 Å². The van der Waals surface area contributed by atoms with Crippen LogP contribution in [0.1, 0.15) is 28.2 Å². The summed E-state index contributed by atoms with van der Waals surface area (Å²) in [6, 6.07) is 0.271. The van der Waals surface area contributed by atoms with Crippen molar-refractivity contribution in [1.29, 1.82) is 0 Å². The number of carbonyl (C=O) groups excluding carboxylic acids is 1. The number of aryl methyl sites for hydroxylation is 1. The highest BCUT2D eigenvalue weighted by atomic mass is 35.5. The summed E-state index contributed by atoms with van der Waals surface area (Å²) in [6.45, 7) is 3.81. The molecule has 0 bridgehead atoms. The van der Waals surface area contributed by atoms with Crippen molar-refractivity contribution in [1.82, 2.24) is 15.6 Å². The number of piperidine rings is 1. The summed E-state index contributed by atoms with van der Waals surface area (Å²) in [6.07, 6.45) is 2.20. The van der Waals surface area contributed by atoms with E-state index in [2.05, 4.69) is 15.6 Å². The molecule has 0 spiro atoms. The number of thiazole rings is 1. The van der Waals surface area contributed by atoms with Crippen LogP contribution in [0.5, 0.6) is 0 Å². The van der Waals surface area contributed by atoms with Crippen LogP contribution in [-0.2, 0) is 0 Å². The Labute approximate surface area is 117 Å². The van der Waals surface area contributed by atoms with Crippen molar-refractivity contribution < 1.29 is 4.79 Å². The van der Waals surface area contributed by atoms with Crippen molar-refractivity contribution in [3.63, 3.8) is 0 Å². The fourth-order valence-electron chi connectivity index (χ4n) is 1.75. The van der Waals surface area contributed by atoms with Crippen LogP contribution in [0.25, 0.3) is 0 Å². The monoisotopic (exact) mass is 297 g/mol. The van der Waals surface area contributed by atoms with Gasteiger partial charge in [-0.15, -0.1) is 36.2 Å². The van der Waals surface area contributed by atoms with E-state index in [1.54, 1.807) is 5.51 Å². The summed E-state index contributed by atoms with van der Waals surface area (Å²) in [5.74, 6) is 0.0173. The molecule has 0 saturated carbocycles. The molecule has 1 saturated heterocycles. The molecular formula is C10H17Cl2N3OS. The van der Waals surface area contributed by atoms with Crippen molar-refractivity contribution in [2.24, 2.45) is 0 Å². The minimum atomic E-state index is 0. The molecule has 1 aromatic rings. The molecule has 0 aliphatic carbocycles. The first-order chi connectivity index (χ1) is 7.27. The van der Waals surface area contributed by atoms with Gasteiger partial charge in [0.2, 0.25) is 0 Å². The van der Waals surface area contributed by atoms with Gasteiger partial charge < -0.3 is 10.6 Å². The van der Waals surface area contributed by atoms with E-state index in [1.165, 1.54) is 11.3 Å². The molecule has 98 valence electrons. The van der Waals surface area contributed by atoms with E-state index in [9.17, 15) is 4.79 Å². The summed E-state index contributed by atoms with van der Waals surface area (Å²) in [7, 11) is 0. The Bertz CT molecular complexity index is 353. The highest BCUT2D eigenvalue weighted by molar-refractivity contribution is 7.11. The Morgan fingerprint density at radius 2 is 2.35 bits per heavy atom. The van der Waals surface area contributed by atoms with Crippen molar-refractivity contribution in [3.05, 3.63) is 16.1 Å². The molecule has 1 aliphatic heterocycles. The number of hydrogen-bond acceptors (Lipinski definition) is 4. The normalized spacial score (nSPS) is 18.8. The zero-order valence-corrected chi connectivity index (χ0v) is 12.0. The molecular weight excluding hydrogens is 281 g/mol. The minimum Gasteiger partial charge on any atom is -0.347 e. The van der Waals surface area contributed by atoms with Gasteiger partial charge in [-0.3, -0.25) is 4.79 Å². The summed E-state index contributed by atoms with van der Waals surface area (Å²) >= 11 is 1.40. The lowest BCUT2D eigenvalue weighted by Gasteiger charge is -2.23. The summed E-state index contributed by atoms with van der Waals surface area (Å²) in [5.41, 5.74) is 2.53. The fraction of sp³-hybridized carbons (Fsp3) is 0.600. The van der Waals surface area contributed by atoms with E-state index in [0.717, 1.165) is 36.5 Å². The minimum absolute atomic E-state index is 0. The maximum Gasteiger partial charge on any atom is 0.263 e. The molecule has 1 atom stereocenters. The Kier molecular flexibility index (Phi) is 7.70. The standard InChI is InChI=1S/C10H15N3OS.2ClH/c1-7-9(15-6-12-7)10(14)13-8-3-2-4-11-5-8;;/h6,8,11H,2-5H2,1H3,(H,13,14);2*1H/t8-;;/m0../s1. The van der Waals surface area contributed by atoms with E-state index in [4.69, 9.17) is 0 Å². The van der Waals surface area contributed by atoms with Crippen molar-refractivity contribution in [2.75, 3.05) is 13.1 Å². The Morgan fingerprint density at radius 1 is 1.59 bits per heavy atom. The zero-order valence-electron chi connectivity index (χ0n) is 9.56. The van der Waals surface area contributed by atoms with Gasteiger partial charge in [-0.25, -0.2) is 4.98 Å². The van der Waals surface area contributed by atoms with Crippen LogP contribution in [0.2, 0.25) is 0 Å². The van der Waals surface area contributed by atoms with Gasteiger partial charge in [-0.2, -0.15) is 0 Å². The molecule has 0 radical (unpaired) electrons. The van der Waals surface area contributed by atoms with Crippen LogP contribution in [0.4, 0.5) is 0 Å². The van der Waals surface area contributed by atoms with Crippen LogP contribution in [0.3, 0.4) is 0 Å². The Balaban J connectivity index is 0.00000128. The first-order valence-electron chi connectivity index (χ1n) is 5.19. The van der Waals surface area contributed by atoms with Gasteiger partial charge in [0.25, 0.3) is 5.91 Å². The smallest absolute Gasteiger partial charge is 0.263 e. The van der Waals surface area contributed by atoms with E-state index in [1.807, 2.05) is 6.92 Å². The fourth-order valence-corrected chi connectivity index (χ4v) is 2.45. The maximum atomic E-state index is 11.8. The second-order valence-electron chi connectivity index (χ2n) is 3.78.